The maximum absolute atomic E-state index is 12.4. The Morgan fingerprint density at radius 3 is 2.62 bits per heavy atom. The van der Waals surface area contributed by atoms with Gasteiger partial charge in [0.05, 0.1) is 5.39 Å². The van der Waals surface area contributed by atoms with Crippen LogP contribution in [0.3, 0.4) is 0 Å². The Balaban J connectivity index is 1.72. The first kappa shape index (κ1) is 18.5. The van der Waals surface area contributed by atoms with Gasteiger partial charge in [0, 0.05) is 23.2 Å². The van der Waals surface area contributed by atoms with Gasteiger partial charge in [0.1, 0.15) is 5.58 Å². The molecule has 0 aliphatic carbocycles. The molecule has 1 aromatic heterocycles. The molecule has 0 N–H and O–H groups in total. The van der Waals surface area contributed by atoms with Crippen molar-refractivity contribution in [3.05, 3.63) is 45.3 Å². The second-order valence-corrected chi connectivity index (χ2v) is 7.06. The van der Waals surface area contributed by atoms with Crippen LogP contribution < -0.4 is 5.43 Å². The van der Waals surface area contributed by atoms with Crippen LogP contribution in [0.2, 0.25) is 5.02 Å². The zero-order valence-corrected chi connectivity index (χ0v) is 15.4. The Morgan fingerprint density at radius 1 is 1.23 bits per heavy atom. The molecule has 1 aromatic carbocycles. The molecule has 1 amide bonds. The van der Waals surface area contributed by atoms with Crippen molar-refractivity contribution in [3.63, 3.8) is 0 Å². The van der Waals surface area contributed by atoms with Gasteiger partial charge in [-0.3, -0.25) is 9.59 Å². The standard InChI is InChI=1S/C19H20ClNO5/c1-11-4-3-5-12(2)21(11)18(23)10-25-19(24)17-9-15(22)14-8-13(20)6-7-16(14)26-17/h6-9,11-12H,3-5,10H2,1-2H3/t11-,12+. The number of benzene rings is 1. The van der Waals surface area contributed by atoms with Crippen LogP contribution in [0, 0.1) is 0 Å². The van der Waals surface area contributed by atoms with E-state index in [1.165, 1.54) is 12.1 Å². The monoisotopic (exact) mass is 377 g/mol. The van der Waals surface area contributed by atoms with Gasteiger partial charge in [0.25, 0.3) is 5.91 Å². The van der Waals surface area contributed by atoms with Gasteiger partial charge < -0.3 is 14.1 Å². The van der Waals surface area contributed by atoms with Gasteiger partial charge >= 0.3 is 5.97 Å². The summed E-state index contributed by atoms with van der Waals surface area (Å²) in [6.07, 6.45) is 2.95. The molecule has 7 heteroatoms. The quantitative estimate of drug-likeness (QED) is 0.766. The summed E-state index contributed by atoms with van der Waals surface area (Å²) in [7, 11) is 0. The fourth-order valence-electron chi connectivity index (χ4n) is 3.41. The minimum absolute atomic E-state index is 0.119. The van der Waals surface area contributed by atoms with Crippen molar-refractivity contribution in [2.75, 3.05) is 6.61 Å². The van der Waals surface area contributed by atoms with E-state index in [-0.39, 0.29) is 41.3 Å². The minimum Gasteiger partial charge on any atom is -0.450 e. The van der Waals surface area contributed by atoms with E-state index in [9.17, 15) is 14.4 Å². The Morgan fingerprint density at radius 2 is 1.92 bits per heavy atom. The number of likely N-dealkylation sites (tertiary alicyclic amines) is 1. The van der Waals surface area contributed by atoms with Crippen LogP contribution in [0.1, 0.15) is 43.7 Å². The lowest BCUT2D eigenvalue weighted by Gasteiger charge is -2.38. The van der Waals surface area contributed by atoms with Gasteiger partial charge in [-0.1, -0.05) is 11.6 Å². The SMILES string of the molecule is C[C@@H]1CCC[C@H](C)N1C(=O)COC(=O)c1cc(=O)c2cc(Cl)ccc2o1. The molecule has 3 rings (SSSR count). The molecule has 26 heavy (non-hydrogen) atoms. The molecule has 1 saturated heterocycles. The lowest BCUT2D eigenvalue weighted by Crippen LogP contribution is -2.49. The molecule has 2 atom stereocenters. The number of amides is 1. The highest BCUT2D eigenvalue weighted by Gasteiger charge is 2.29. The van der Waals surface area contributed by atoms with E-state index in [0.29, 0.717) is 5.02 Å². The smallest absolute Gasteiger partial charge is 0.374 e. The third kappa shape index (κ3) is 3.75. The van der Waals surface area contributed by atoms with Crippen LogP contribution in [0.15, 0.2) is 33.5 Å². The van der Waals surface area contributed by atoms with Gasteiger partial charge in [-0.15, -0.1) is 0 Å². The fraction of sp³-hybridized carbons (Fsp3) is 0.421. The molecule has 0 bridgehead atoms. The lowest BCUT2D eigenvalue weighted by atomic mass is 9.97. The van der Waals surface area contributed by atoms with Crippen molar-refractivity contribution in [2.45, 2.75) is 45.2 Å². The van der Waals surface area contributed by atoms with Crippen molar-refractivity contribution in [3.8, 4) is 0 Å². The van der Waals surface area contributed by atoms with E-state index in [1.54, 1.807) is 11.0 Å². The summed E-state index contributed by atoms with van der Waals surface area (Å²) in [5, 5.41) is 0.677. The summed E-state index contributed by atoms with van der Waals surface area (Å²) < 4.78 is 10.5. The van der Waals surface area contributed by atoms with Crippen LogP contribution in [-0.4, -0.2) is 35.5 Å². The normalized spacial score (nSPS) is 20.2. The minimum atomic E-state index is -0.843. The van der Waals surface area contributed by atoms with Crippen molar-refractivity contribution < 1.29 is 18.7 Å². The van der Waals surface area contributed by atoms with Crippen molar-refractivity contribution in [1.29, 1.82) is 0 Å². The molecular formula is C19H20ClNO5. The highest BCUT2D eigenvalue weighted by molar-refractivity contribution is 6.31. The number of piperidine rings is 1. The summed E-state index contributed by atoms with van der Waals surface area (Å²) in [5.74, 6) is -1.32. The molecule has 0 unspecified atom stereocenters. The van der Waals surface area contributed by atoms with Crippen LogP contribution in [0.25, 0.3) is 11.0 Å². The largest absolute Gasteiger partial charge is 0.450 e. The Labute approximate surface area is 155 Å². The first-order chi connectivity index (χ1) is 12.4. The van der Waals surface area contributed by atoms with E-state index in [1.807, 2.05) is 13.8 Å². The lowest BCUT2D eigenvalue weighted by molar-refractivity contribution is -0.140. The molecule has 138 valence electrons. The summed E-state index contributed by atoms with van der Waals surface area (Å²) in [5.41, 5.74) is -0.163. The maximum atomic E-state index is 12.4. The molecule has 1 aliphatic heterocycles. The predicted molar refractivity (Wildman–Crippen MR) is 97.4 cm³/mol. The van der Waals surface area contributed by atoms with Gasteiger partial charge in [-0.05, 0) is 51.3 Å². The Hall–Kier alpha value is -2.34. The Kier molecular flexibility index (Phi) is 5.32. The van der Waals surface area contributed by atoms with Crippen LogP contribution in [0.5, 0.6) is 0 Å². The third-order valence-corrected chi connectivity index (χ3v) is 4.93. The number of hydrogen-bond donors (Lipinski definition) is 0. The van der Waals surface area contributed by atoms with Crippen molar-refractivity contribution in [2.24, 2.45) is 0 Å². The van der Waals surface area contributed by atoms with E-state index in [2.05, 4.69) is 0 Å². The first-order valence-corrected chi connectivity index (χ1v) is 8.96. The average molecular weight is 378 g/mol. The molecule has 0 saturated carbocycles. The van der Waals surface area contributed by atoms with E-state index in [4.69, 9.17) is 20.8 Å². The van der Waals surface area contributed by atoms with Gasteiger partial charge in [0.2, 0.25) is 5.76 Å². The van der Waals surface area contributed by atoms with Crippen LogP contribution in [0.4, 0.5) is 0 Å². The summed E-state index contributed by atoms with van der Waals surface area (Å²) in [6.45, 7) is 3.60. The molecule has 1 aliphatic rings. The first-order valence-electron chi connectivity index (χ1n) is 8.58. The number of carbonyl (C=O) groups is 2. The maximum Gasteiger partial charge on any atom is 0.374 e. The number of rotatable bonds is 3. The van der Waals surface area contributed by atoms with Crippen molar-refractivity contribution >= 4 is 34.4 Å². The summed E-state index contributed by atoms with van der Waals surface area (Å²) in [6, 6.07) is 5.84. The number of fused-ring (bicyclic) bond motifs is 1. The number of hydrogen-bond acceptors (Lipinski definition) is 5. The van der Waals surface area contributed by atoms with E-state index in [0.717, 1.165) is 25.3 Å². The predicted octanol–water partition coefficient (Wildman–Crippen LogP) is 3.39. The number of carbonyl (C=O) groups excluding carboxylic acids is 2. The highest BCUT2D eigenvalue weighted by Crippen LogP contribution is 2.23. The molecule has 2 aromatic rings. The molecule has 0 radical (unpaired) electrons. The fourth-order valence-corrected chi connectivity index (χ4v) is 3.59. The second-order valence-electron chi connectivity index (χ2n) is 6.62. The average Bonchev–Trinajstić information content (AvgIpc) is 2.60. The topological polar surface area (TPSA) is 76.8 Å². The van der Waals surface area contributed by atoms with Crippen LogP contribution >= 0.6 is 11.6 Å². The van der Waals surface area contributed by atoms with E-state index >= 15 is 0 Å². The van der Waals surface area contributed by atoms with E-state index < -0.39 is 11.4 Å². The third-order valence-electron chi connectivity index (χ3n) is 4.70. The molecule has 1 fully saturated rings. The van der Waals surface area contributed by atoms with Crippen LogP contribution in [-0.2, 0) is 9.53 Å². The van der Waals surface area contributed by atoms with Gasteiger partial charge in [-0.2, -0.15) is 0 Å². The zero-order chi connectivity index (χ0) is 18.8. The second kappa shape index (κ2) is 7.50. The summed E-state index contributed by atoms with van der Waals surface area (Å²) >= 11 is 5.86. The number of nitrogens with zero attached hydrogens (tertiary/aromatic N) is 1. The highest BCUT2D eigenvalue weighted by atomic mass is 35.5. The van der Waals surface area contributed by atoms with Crippen molar-refractivity contribution in [1.82, 2.24) is 4.90 Å². The Bertz CT molecular complexity index is 896. The number of esters is 1. The van der Waals surface area contributed by atoms with Gasteiger partial charge in [-0.25, -0.2) is 4.79 Å². The molecule has 0 spiro atoms. The summed E-state index contributed by atoms with van der Waals surface area (Å²) in [4.78, 5) is 38.5. The number of halogens is 1. The molecule has 6 nitrogen and oxygen atoms in total. The molecular weight excluding hydrogens is 358 g/mol. The zero-order valence-electron chi connectivity index (χ0n) is 14.7. The molecule has 2 heterocycles. The van der Waals surface area contributed by atoms with Gasteiger partial charge in [0.15, 0.2) is 12.0 Å². The number of ether oxygens (including phenoxy) is 1.